The van der Waals surface area contributed by atoms with Crippen LogP contribution in [0.15, 0.2) is 48.0 Å². The van der Waals surface area contributed by atoms with E-state index in [4.69, 9.17) is 11.6 Å². The second-order valence-corrected chi connectivity index (χ2v) is 6.95. The molecule has 5 nitrogen and oxygen atoms in total. The van der Waals surface area contributed by atoms with Crippen molar-refractivity contribution in [2.45, 2.75) is 13.3 Å². The molecular formula is C19H19ClN4OS. The van der Waals surface area contributed by atoms with Crippen molar-refractivity contribution in [3.63, 3.8) is 0 Å². The van der Waals surface area contributed by atoms with Crippen molar-refractivity contribution in [2.24, 2.45) is 0 Å². The van der Waals surface area contributed by atoms with E-state index in [-0.39, 0.29) is 5.91 Å². The van der Waals surface area contributed by atoms with E-state index in [0.29, 0.717) is 23.6 Å². The van der Waals surface area contributed by atoms with Crippen LogP contribution in [-0.4, -0.2) is 29.0 Å². The number of pyridine rings is 1. The van der Waals surface area contributed by atoms with Gasteiger partial charge in [-0.3, -0.25) is 9.78 Å². The van der Waals surface area contributed by atoms with Gasteiger partial charge < -0.3 is 10.6 Å². The van der Waals surface area contributed by atoms with E-state index in [2.05, 4.69) is 20.6 Å². The standard InChI is InChI=1S/C19H19ClN4OS/c1-2-21-15-7-6-13(20)11-14(15)19(25)23-10-8-18-24-17(12-26-18)16-5-3-4-9-22-16/h3-7,9,11-12,21H,2,8,10H2,1H3,(H,23,25). The molecule has 3 rings (SSSR count). The third-order valence-corrected chi connectivity index (χ3v) is 4.84. The number of hydrogen-bond donors (Lipinski definition) is 2. The Morgan fingerprint density at radius 3 is 2.88 bits per heavy atom. The summed E-state index contributed by atoms with van der Waals surface area (Å²) in [4.78, 5) is 21.4. The summed E-state index contributed by atoms with van der Waals surface area (Å²) in [7, 11) is 0. The Balaban J connectivity index is 1.59. The zero-order valence-electron chi connectivity index (χ0n) is 14.3. The predicted octanol–water partition coefficient (Wildman–Crippen LogP) is 4.26. The molecule has 1 amide bonds. The maximum absolute atomic E-state index is 12.5. The number of amides is 1. The maximum atomic E-state index is 12.5. The number of nitrogens with one attached hydrogen (secondary N) is 2. The fraction of sp³-hybridized carbons (Fsp3) is 0.211. The van der Waals surface area contributed by atoms with Gasteiger partial charge in [-0.25, -0.2) is 4.98 Å². The van der Waals surface area contributed by atoms with E-state index >= 15 is 0 Å². The lowest BCUT2D eigenvalue weighted by molar-refractivity contribution is 0.0955. The summed E-state index contributed by atoms with van der Waals surface area (Å²) in [5.74, 6) is -0.148. The van der Waals surface area contributed by atoms with Crippen molar-refractivity contribution < 1.29 is 4.79 Å². The lowest BCUT2D eigenvalue weighted by Gasteiger charge is -2.11. The summed E-state index contributed by atoms with van der Waals surface area (Å²) in [6.07, 6.45) is 2.42. The molecule has 7 heteroatoms. The molecule has 0 saturated carbocycles. The van der Waals surface area contributed by atoms with Crippen LogP contribution in [0.2, 0.25) is 5.02 Å². The quantitative estimate of drug-likeness (QED) is 0.636. The summed E-state index contributed by atoms with van der Waals surface area (Å²) in [6.45, 7) is 3.22. The van der Waals surface area contributed by atoms with Crippen molar-refractivity contribution >= 4 is 34.5 Å². The summed E-state index contributed by atoms with van der Waals surface area (Å²) in [5.41, 5.74) is 3.04. The van der Waals surface area contributed by atoms with Crippen LogP contribution in [0.25, 0.3) is 11.4 Å². The van der Waals surface area contributed by atoms with Gasteiger partial charge in [0.05, 0.1) is 22.0 Å². The molecule has 134 valence electrons. The molecule has 2 N–H and O–H groups in total. The van der Waals surface area contributed by atoms with Crippen molar-refractivity contribution in [3.8, 4) is 11.4 Å². The van der Waals surface area contributed by atoms with Crippen molar-refractivity contribution in [3.05, 3.63) is 63.6 Å². The molecule has 0 aliphatic heterocycles. The molecule has 0 fully saturated rings. The highest BCUT2D eigenvalue weighted by Crippen LogP contribution is 2.21. The highest BCUT2D eigenvalue weighted by Gasteiger charge is 2.12. The molecule has 1 aromatic carbocycles. The van der Waals surface area contributed by atoms with E-state index in [1.165, 1.54) is 0 Å². The van der Waals surface area contributed by atoms with Crippen LogP contribution in [0, 0.1) is 0 Å². The zero-order chi connectivity index (χ0) is 18.4. The van der Waals surface area contributed by atoms with Gasteiger partial charge in [-0.1, -0.05) is 17.7 Å². The number of carbonyl (C=O) groups is 1. The van der Waals surface area contributed by atoms with Gasteiger partial charge in [0, 0.05) is 41.8 Å². The van der Waals surface area contributed by atoms with Gasteiger partial charge in [0.1, 0.15) is 0 Å². The van der Waals surface area contributed by atoms with Crippen LogP contribution < -0.4 is 10.6 Å². The van der Waals surface area contributed by atoms with Crippen LogP contribution in [0.3, 0.4) is 0 Å². The van der Waals surface area contributed by atoms with Gasteiger partial charge in [0.25, 0.3) is 5.91 Å². The molecule has 2 heterocycles. The predicted molar refractivity (Wildman–Crippen MR) is 107 cm³/mol. The molecule has 0 aliphatic rings. The number of carbonyl (C=O) groups excluding carboxylic acids is 1. The number of thiazole rings is 1. The molecule has 0 aliphatic carbocycles. The largest absolute Gasteiger partial charge is 0.385 e. The Morgan fingerprint density at radius 2 is 2.12 bits per heavy atom. The number of hydrogen-bond acceptors (Lipinski definition) is 5. The first kappa shape index (κ1) is 18.4. The monoisotopic (exact) mass is 386 g/mol. The minimum atomic E-state index is -0.148. The average Bonchev–Trinajstić information content (AvgIpc) is 3.13. The van der Waals surface area contributed by atoms with Crippen molar-refractivity contribution in [1.82, 2.24) is 15.3 Å². The summed E-state index contributed by atoms with van der Waals surface area (Å²) in [5, 5.41) is 9.60. The van der Waals surface area contributed by atoms with E-state index in [0.717, 1.165) is 28.6 Å². The van der Waals surface area contributed by atoms with Crippen LogP contribution in [0.4, 0.5) is 5.69 Å². The lowest BCUT2D eigenvalue weighted by atomic mass is 10.1. The first-order chi connectivity index (χ1) is 12.7. The SMILES string of the molecule is CCNc1ccc(Cl)cc1C(=O)NCCc1nc(-c2ccccn2)cs1. The third kappa shape index (κ3) is 4.59. The van der Waals surface area contributed by atoms with E-state index in [1.54, 1.807) is 29.7 Å². The molecule has 3 aromatic rings. The van der Waals surface area contributed by atoms with Gasteiger partial charge in [-0.2, -0.15) is 0 Å². The highest BCUT2D eigenvalue weighted by molar-refractivity contribution is 7.09. The highest BCUT2D eigenvalue weighted by atomic mass is 35.5. The molecule has 2 aromatic heterocycles. The molecule has 0 bridgehead atoms. The molecule has 26 heavy (non-hydrogen) atoms. The Labute approximate surface area is 161 Å². The molecular weight excluding hydrogens is 368 g/mol. The molecule has 0 spiro atoms. The third-order valence-electron chi connectivity index (χ3n) is 3.70. The average molecular weight is 387 g/mol. The Kier molecular flexibility index (Phi) is 6.20. The Hall–Kier alpha value is -2.44. The van der Waals surface area contributed by atoms with Crippen LogP contribution in [0.1, 0.15) is 22.3 Å². The topological polar surface area (TPSA) is 66.9 Å². The summed E-state index contributed by atoms with van der Waals surface area (Å²) < 4.78 is 0. The zero-order valence-corrected chi connectivity index (χ0v) is 15.9. The molecule has 0 unspecified atom stereocenters. The summed E-state index contributed by atoms with van der Waals surface area (Å²) in [6, 6.07) is 11.0. The first-order valence-corrected chi connectivity index (χ1v) is 9.60. The van der Waals surface area contributed by atoms with E-state index in [9.17, 15) is 4.79 Å². The fourth-order valence-electron chi connectivity index (χ4n) is 2.48. The molecule has 0 radical (unpaired) electrons. The minimum Gasteiger partial charge on any atom is -0.385 e. The van der Waals surface area contributed by atoms with Crippen LogP contribution in [0.5, 0.6) is 0 Å². The van der Waals surface area contributed by atoms with Gasteiger partial charge in [0.2, 0.25) is 0 Å². The van der Waals surface area contributed by atoms with Gasteiger partial charge in [-0.05, 0) is 37.3 Å². The summed E-state index contributed by atoms with van der Waals surface area (Å²) >= 11 is 7.60. The molecule has 0 saturated heterocycles. The number of nitrogens with zero attached hydrogens (tertiary/aromatic N) is 2. The minimum absolute atomic E-state index is 0.148. The lowest BCUT2D eigenvalue weighted by Crippen LogP contribution is -2.26. The number of halogens is 1. The normalized spacial score (nSPS) is 10.5. The van der Waals surface area contributed by atoms with Crippen LogP contribution in [-0.2, 0) is 6.42 Å². The maximum Gasteiger partial charge on any atom is 0.253 e. The van der Waals surface area contributed by atoms with Gasteiger partial charge in [0.15, 0.2) is 0 Å². The Bertz CT molecular complexity index is 882. The number of benzene rings is 1. The number of rotatable bonds is 7. The Morgan fingerprint density at radius 1 is 1.23 bits per heavy atom. The second kappa shape index (κ2) is 8.78. The van der Waals surface area contributed by atoms with E-state index < -0.39 is 0 Å². The smallest absolute Gasteiger partial charge is 0.253 e. The first-order valence-electron chi connectivity index (χ1n) is 8.35. The van der Waals surface area contributed by atoms with Gasteiger partial charge in [-0.15, -0.1) is 11.3 Å². The van der Waals surface area contributed by atoms with Crippen molar-refractivity contribution in [1.29, 1.82) is 0 Å². The van der Waals surface area contributed by atoms with Crippen molar-refractivity contribution in [2.75, 3.05) is 18.4 Å². The number of anilines is 1. The van der Waals surface area contributed by atoms with Gasteiger partial charge >= 0.3 is 0 Å². The number of aromatic nitrogens is 2. The fourth-order valence-corrected chi connectivity index (χ4v) is 3.45. The second-order valence-electron chi connectivity index (χ2n) is 5.57. The van der Waals surface area contributed by atoms with E-state index in [1.807, 2.05) is 36.6 Å². The molecule has 0 atom stereocenters. The van der Waals surface area contributed by atoms with Crippen LogP contribution >= 0.6 is 22.9 Å².